The van der Waals surface area contributed by atoms with Gasteiger partial charge in [-0.2, -0.15) is 17.0 Å². The SMILES string of the molecule is N#Cc1ccc2[nH]cc(CSCCCl)c2c1. The summed E-state index contributed by atoms with van der Waals surface area (Å²) in [7, 11) is 0. The van der Waals surface area contributed by atoms with E-state index in [9.17, 15) is 0 Å². The van der Waals surface area contributed by atoms with Gasteiger partial charge >= 0.3 is 0 Å². The Morgan fingerprint density at radius 1 is 1.44 bits per heavy atom. The maximum Gasteiger partial charge on any atom is 0.0991 e. The molecule has 2 aromatic rings. The van der Waals surface area contributed by atoms with Crippen LogP contribution in [0, 0.1) is 11.3 Å². The summed E-state index contributed by atoms with van der Waals surface area (Å²) in [5.41, 5.74) is 3.03. The highest BCUT2D eigenvalue weighted by Crippen LogP contribution is 2.23. The van der Waals surface area contributed by atoms with Crippen LogP contribution in [-0.4, -0.2) is 16.6 Å². The predicted octanol–water partition coefficient (Wildman–Crippen LogP) is 3.51. The van der Waals surface area contributed by atoms with Crippen molar-refractivity contribution in [3.63, 3.8) is 0 Å². The molecule has 0 bridgehead atoms. The molecule has 16 heavy (non-hydrogen) atoms. The van der Waals surface area contributed by atoms with Gasteiger partial charge in [-0.1, -0.05) is 0 Å². The van der Waals surface area contributed by atoms with Gasteiger partial charge in [0.05, 0.1) is 11.6 Å². The Morgan fingerprint density at radius 2 is 2.31 bits per heavy atom. The molecule has 2 nitrogen and oxygen atoms in total. The summed E-state index contributed by atoms with van der Waals surface area (Å²) in [6.07, 6.45) is 2.01. The molecule has 0 atom stereocenters. The lowest BCUT2D eigenvalue weighted by molar-refractivity contribution is 1.39. The van der Waals surface area contributed by atoms with Gasteiger partial charge in [-0.25, -0.2) is 0 Å². The van der Waals surface area contributed by atoms with Crippen molar-refractivity contribution in [2.75, 3.05) is 11.6 Å². The van der Waals surface area contributed by atoms with Crippen LogP contribution in [0.25, 0.3) is 10.9 Å². The van der Waals surface area contributed by atoms with Crippen molar-refractivity contribution in [1.29, 1.82) is 5.26 Å². The zero-order valence-corrected chi connectivity index (χ0v) is 10.2. The molecule has 0 saturated heterocycles. The monoisotopic (exact) mass is 250 g/mol. The van der Waals surface area contributed by atoms with Gasteiger partial charge in [0.1, 0.15) is 0 Å². The van der Waals surface area contributed by atoms with Crippen LogP contribution >= 0.6 is 23.4 Å². The Bertz CT molecular complexity index is 527. The number of halogens is 1. The molecule has 1 aromatic carbocycles. The van der Waals surface area contributed by atoms with Crippen molar-refractivity contribution in [2.45, 2.75) is 5.75 Å². The van der Waals surface area contributed by atoms with E-state index in [1.165, 1.54) is 5.56 Å². The van der Waals surface area contributed by atoms with Crippen molar-refractivity contribution >= 4 is 34.3 Å². The van der Waals surface area contributed by atoms with Crippen LogP contribution in [0.3, 0.4) is 0 Å². The molecule has 0 fully saturated rings. The first-order chi connectivity index (χ1) is 7.85. The van der Waals surface area contributed by atoms with Gasteiger partial charge in [-0.15, -0.1) is 11.6 Å². The highest BCUT2D eigenvalue weighted by Gasteiger charge is 2.04. The largest absolute Gasteiger partial charge is 0.361 e. The minimum atomic E-state index is 0.677. The van der Waals surface area contributed by atoms with Crippen LogP contribution in [-0.2, 0) is 5.75 Å². The van der Waals surface area contributed by atoms with Crippen molar-refractivity contribution in [3.8, 4) is 6.07 Å². The second kappa shape index (κ2) is 5.29. The number of benzene rings is 1. The fourth-order valence-electron chi connectivity index (χ4n) is 1.60. The average Bonchev–Trinajstić information content (AvgIpc) is 2.72. The number of hydrogen-bond donors (Lipinski definition) is 1. The molecule has 0 unspecified atom stereocenters. The van der Waals surface area contributed by atoms with E-state index in [0.717, 1.165) is 22.4 Å². The summed E-state index contributed by atoms with van der Waals surface area (Å²) in [4.78, 5) is 3.21. The lowest BCUT2D eigenvalue weighted by Gasteiger charge is -1.98. The molecule has 0 radical (unpaired) electrons. The first-order valence-electron chi connectivity index (χ1n) is 4.99. The topological polar surface area (TPSA) is 39.6 Å². The van der Waals surface area contributed by atoms with E-state index < -0.39 is 0 Å². The van der Waals surface area contributed by atoms with Crippen molar-refractivity contribution in [1.82, 2.24) is 4.98 Å². The number of aromatic nitrogens is 1. The summed E-state index contributed by atoms with van der Waals surface area (Å²) < 4.78 is 0. The Kier molecular flexibility index (Phi) is 3.76. The Labute approximate surface area is 104 Å². The van der Waals surface area contributed by atoms with Crippen LogP contribution in [0.4, 0.5) is 0 Å². The number of hydrogen-bond acceptors (Lipinski definition) is 2. The lowest BCUT2D eigenvalue weighted by Crippen LogP contribution is -1.83. The van der Waals surface area contributed by atoms with Crippen molar-refractivity contribution < 1.29 is 0 Å². The molecule has 2 rings (SSSR count). The zero-order chi connectivity index (χ0) is 11.4. The minimum Gasteiger partial charge on any atom is -0.361 e. The van der Waals surface area contributed by atoms with Gasteiger partial charge in [-0.05, 0) is 23.8 Å². The number of H-pyrrole nitrogens is 1. The number of nitrogens with one attached hydrogen (secondary N) is 1. The molecule has 4 heteroatoms. The summed E-state index contributed by atoms with van der Waals surface area (Å²) >= 11 is 7.44. The van der Waals surface area contributed by atoms with Gasteiger partial charge in [-0.3, -0.25) is 0 Å². The summed E-state index contributed by atoms with van der Waals surface area (Å²) in [6.45, 7) is 0. The van der Waals surface area contributed by atoms with Crippen LogP contribution in [0.2, 0.25) is 0 Å². The molecule has 1 heterocycles. The van der Waals surface area contributed by atoms with Crippen LogP contribution in [0.15, 0.2) is 24.4 Å². The first-order valence-corrected chi connectivity index (χ1v) is 6.68. The molecule has 1 N–H and O–H groups in total. The summed E-state index contributed by atoms with van der Waals surface area (Å²) in [6, 6.07) is 7.87. The Balaban J connectivity index is 2.28. The van der Waals surface area contributed by atoms with E-state index in [1.54, 1.807) is 11.8 Å². The fraction of sp³-hybridized carbons (Fsp3) is 0.250. The maximum absolute atomic E-state index is 8.86. The number of fused-ring (bicyclic) bond motifs is 1. The minimum absolute atomic E-state index is 0.677. The highest BCUT2D eigenvalue weighted by molar-refractivity contribution is 7.98. The number of aromatic amines is 1. The number of rotatable bonds is 4. The van der Waals surface area contributed by atoms with Crippen LogP contribution in [0.5, 0.6) is 0 Å². The fourth-order valence-corrected chi connectivity index (χ4v) is 2.64. The molecule has 0 aliphatic rings. The van der Waals surface area contributed by atoms with Crippen LogP contribution in [0.1, 0.15) is 11.1 Å². The molecule has 1 aromatic heterocycles. The summed E-state index contributed by atoms with van der Waals surface area (Å²) in [5, 5.41) is 10.00. The van der Waals surface area contributed by atoms with E-state index in [1.807, 2.05) is 24.4 Å². The van der Waals surface area contributed by atoms with Crippen molar-refractivity contribution in [2.24, 2.45) is 0 Å². The van der Waals surface area contributed by atoms with Crippen molar-refractivity contribution in [3.05, 3.63) is 35.5 Å². The lowest BCUT2D eigenvalue weighted by atomic mass is 10.1. The van der Waals surface area contributed by atoms with E-state index in [-0.39, 0.29) is 0 Å². The van der Waals surface area contributed by atoms with E-state index in [2.05, 4.69) is 11.1 Å². The van der Waals surface area contributed by atoms with Gasteiger partial charge in [0.2, 0.25) is 0 Å². The predicted molar refractivity (Wildman–Crippen MR) is 69.9 cm³/mol. The third kappa shape index (κ3) is 2.34. The molecule has 0 aliphatic carbocycles. The Morgan fingerprint density at radius 3 is 3.06 bits per heavy atom. The van der Waals surface area contributed by atoms with Gasteiger partial charge in [0.15, 0.2) is 0 Å². The zero-order valence-electron chi connectivity index (χ0n) is 8.66. The Hall–Kier alpha value is -1.11. The quantitative estimate of drug-likeness (QED) is 0.666. The van der Waals surface area contributed by atoms with E-state index in [0.29, 0.717) is 11.4 Å². The molecule has 82 valence electrons. The number of thioether (sulfide) groups is 1. The molecule has 0 spiro atoms. The van der Waals surface area contributed by atoms with Gasteiger partial charge < -0.3 is 4.98 Å². The average molecular weight is 251 g/mol. The molecule has 0 saturated carbocycles. The molecular formula is C12H11ClN2S. The van der Waals surface area contributed by atoms with E-state index >= 15 is 0 Å². The second-order valence-electron chi connectivity index (χ2n) is 3.43. The van der Waals surface area contributed by atoms with Gasteiger partial charge in [0, 0.05) is 34.5 Å². The number of nitriles is 1. The molecule has 0 amide bonds. The molecular weight excluding hydrogens is 240 g/mol. The third-order valence-corrected chi connectivity index (χ3v) is 3.80. The molecule has 0 aliphatic heterocycles. The summed E-state index contributed by atoms with van der Waals surface area (Å²) in [5.74, 6) is 2.56. The third-order valence-electron chi connectivity index (χ3n) is 2.38. The normalized spacial score (nSPS) is 10.5. The number of nitrogens with zero attached hydrogens (tertiary/aromatic N) is 1. The van der Waals surface area contributed by atoms with Gasteiger partial charge in [0.25, 0.3) is 0 Å². The maximum atomic E-state index is 8.86. The van der Waals surface area contributed by atoms with E-state index in [4.69, 9.17) is 16.9 Å². The standard InChI is InChI=1S/C12H11ClN2S/c13-3-4-16-8-10-7-15-12-2-1-9(6-14)5-11(10)12/h1-2,5,7,15H,3-4,8H2. The second-order valence-corrected chi connectivity index (χ2v) is 4.91. The smallest absolute Gasteiger partial charge is 0.0991 e. The van der Waals surface area contributed by atoms with Crippen LogP contribution < -0.4 is 0 Å². The number of alkyl halides is 1. The first kappa shape index (κ1) is 11.4. The highest BCUT2D eigenvalue weighted by atomic mass is 35.5.